The van der Waals surface area contributed by atoms with E-state index in [1.165, 1.54) is 25.7 Å². The maximum absolute atomic E-state index is 13.7. The summed E-state index contributed by atoms with van der Waals surface area (Å²) >= 11 is 0. The number of allylic oxidation sites excluding steroid dienone is 2. The Labute approximate surface area is 106 Å². The molecule has 0 bridgehead atoms. The van der Waals surface area contributed by atoms with Crippen LogP contribution in [0.5, 0.6) is 5.75 Å². The molecule has 0 N–H and O–H groups in total. The molecule has 1 aromatic rings. The van der Waals surface area contributed by atoms with Crippen molar-refractivity contribution in [3.8, 4) is 5.75 Å². The lowest BCUT2D eigenvalue weighted by Crippen LogP contribution is -2.05. The number of carbonyl (C=O) groups is 1. The van der Waals surface area contributed by atoms with Gasteiger partial charge in [-0.1, -0.05) is 11.6 Å². The molecule has 1 aromatic carbocycles. The van der Waals surface area contributed by atoms with E-state index in [9.17, 15) is 9.18 Å². The Morgan fingerprint density at radius 3 is 2.83 bits per heavy atom. The predicted octanol–water partition coefficient (Wildman–Crippen LogP) is 3.91. The van der Waals surface area contributed by atoms with Gasteiger partial charge in [0.2, 0.25) is 0 Å². The Balaban J connectivity index is 2.11. The van der Waals surface area contributed by atoms with E-state index in [2.05, 4.69) is 6.08 Å². The summed E-state index contributed by atoms with van der Waals surface area (Å²) in [5, 5.41) is 0. The SMILES string of the molecule is COc1ccc(C(=O)CC2=CCCCC2)c(F)c1. The lowest BCUT2D eigenvalue weighted by Gasteiger charge is -2.12. The van der Waals surface area contributed by atoms with Gasteiger partial charge in [-0.25, -0.2) is 4.39 Å². The summed E-state index contributed by atoms with van der Waals surface area (Å²) in [7, 11) is 1.48. The molecule has 18 heavy (non-hydrogen) atoms. The van der Waals surface area contributed by atoms with Crippen LogP contribution in [0.3, 0.4) is 0 Å². The molecule has 0 unspecified atom stereocenters. The largest absolute Gasteiger partial charge is 0.497 e. The molecule has 3 heteroatoms. The molecule has 0 amide bonds. The Bertz CT molecular complexity index is 477. The van der Waals surface area contributed by atoms with Crippen LogP contribution < -0.4 is 4.74 Å². The average Bonchev–Trinajstić information content (AvgIpc) is 2.39. The van der Waals surface area contributed by atoms with Crippen LogP contribution in [0.2, 0.25) is 0 Å². The first-order valence-electron chi connectivity index (χ1n) is 6.25. The molecule has 0 saturated carbocycles. The van der Waals surface area contributed by atoms with Crippen molar-refractivity contribution in [2.75, 3.05) is 7.11 Å². The molecule has 2 rings (SSSR count). The molecule has 2 nitrogen and oxygen atoms in total. The molecule has 0 aliphatic heterocycles. The van der Waals surface area contributed by atoms with Gasteiger partial charge in [-0.3, -0.25) is 4.79 Å². The number of carbonyl (C=O) groups excluding carboxylic acids is 1. The van der Waals surface area contributed by atoms with Crippen LogP contribution in [0.25, 0.3) is 0 Å². The highest BCUT2D eigenvalue weighted by atomic mass is 19.1. The molecule has 0 heterocycles. The molecule has 0 atom stereocenters. The molecule has 1 aliphatic rings. The number of hydrogen-bond acceptors (Lipinski definition) is 2. The minimum Gasteiger partial charge on any atom is -0.497 e. The van der Waals surface area contributed by atoms with E-state index in [1.54, 1.807) is 6.07 Å². The Hall–Kier alpha value is -1.64. The monoisotopic (exact) mass is 248 g/mol. The zero-order valence-electron chi connectivity index (χ0n) is 10.5. The maximum Gasteiger partial charge on any atom is 0.169 e. The van der Waals surface area contributed by atoms with Crippen molar-refractivity contribution in [1.82, 2.24) is 0 Å². The third-order valence-corrected chi connectivity index (χ3v) is 3.25. The third kappa shape index (κ3) is 2.97. The van der Waals surface area contributed by atoms with Crippen molar-refractivity contribution in [1.29, 1.82) is 0 Å². The Morgan fingerprint density at radius 1 is 1.39 bits per heavy atom. The van der Waals surface area contributed by atoms with Crippen LogP contribution in [-0.4, -0.2) is 12.9 Å². The van der Waals surface area contributed by atoms with Crippen LogP contribution >= 0.6 is 0 Å². The van der Waals surface area contributed by atoms with Crippen LogP contribution in [0.4, 0.5) is 4.39 Å². The van der Waals surface area contributed by atoms with Crippen LogP contribution in [0.15, 0.2) is 29.8 Å². The second-order valence-electron chi connectivity index (χ2n) is 4.55. The molecule has 0 saturated heterocycles. The maximum atomic E-state index is 13.7. The first-order chi connectivity index (χ1) is 8.70. The number of ether oxygens (including phenoxy) is 1. The number of ketones is 1. The third-order valence-electron chi connectivity index (χ3n) is 3.25. The summed E-state index contributed by atoms with van der Waals surface area (Å²) < 4.78 is 18.6. The van der Waals surface area contributed by atoms with Crippen molar-refractivity contribution in [2.45, 2.75) is 32.1 Å². The summed E-state index contributed by atoms with van der Waals surface area (Å²) in [5.41, 5.74) is 1.30. The smallest absolute Gasteiger partial charge is 0.169 e. The quantitative estimate of drug-likeness (QED) is 0.596. The van der Waals surface area contributed by atoms with Crippen molar-refractivity contribution >= 4 is 5.78 Å². The van der Waals surface area contributed by atoms with E-state index in [1.807, 2.05) is 0 Å². The van der Waals surface area contributed by atoms with E-state index in [0.29, 0.717) is 12.2 Å². The van der Waals surface area contributed by atoms with Crippen molar-refractivity contribution < 1.29 is 13.9 Å². The second-order valence-corrected chi connectivity index (χ2v) is 4.55. The zero-order valence-corrected chi connectivity index (χ0v) is 10.5. The standard InChI is InChI=1S/C15H17FO2/c1-18-12-7-8-13(14(16)10-12)15(17)9-11-5-3-2-4-6-11/h5,7-8,10H,2-4,6,9H2,1H3. The fourth-order valence-corrected chi connectivity index (χ4v) is 2.22. The van der Waals surface area contributed by atoms with Gasteiger partial charge in [0.15, 0.2) is 5.78 Å². The highest BCUT2D eigenvalue weighted by Crippen LogP contribution is 2.23. The fraction of sp³-hybridized carbons (Fsp3) is 0.400. The summed E-state index contributed by atoms with van der Waals surface area (Å²) in [6.07, 6.45) is 6.77. The molecular weight excluding hydrogens is 231 g/mol. The van der Waals surface area contributed by atoms with Gasteiger partial charge >= 0.3 is 0 Å². The van der Waals surface area contributed by atoms with Gasteiger partial charge in [-0.2, -0.15) is 0 Å². The van der Waals surface area contributed by atoms with Gasteiger partial charge in [-0.15, -0.1) is 0 Å². The zero-order chi connectivity index (χ0) is 13.0. The molecule has 0 radical (unpaired) electrons. The van der Waals surface area contributed by atoms with Crippen LogP contribution in [0.1, 0.15) is 42.5 Å². The van der Waals surface area contributed by atoms with E-state index < -0.39 is 5.82 Å². The Kier molecular flexibility index (Phi) is 4.13. The fourth-order valence-electron chi connectivity index (χ4n) is 2.22. The summed E-state index contributed by atoms with van der Waals surface area (Å²) in [5.74, 6) is -0.222. The number of Topliss-reactive ketones (excluding diaryl/α,β-unsaturated/α-hetero) is 1. The number of rotatable bonds is 4. The van der Waals surface area contributed by atoms with Crippen LogP contribution in [0, 0.1) is 5.82 Å². The predicted molar refractivity (Wildman–Crippen MR) is 68.5 cm³/mol. The topological polar surface area (TPSA) is 26.3 Å². The summed E-state index contributed by atoms with van der Waals surface area (Å²) in [4.78, 5) is 12.0. The molecule has 0 spiro atoms. The molecule has 0 aromatic heterocycles. The molecule has 1 aliphatic carbocycles. The number of halogens is 1. The molecule has 96 valence electrons. The Morgan fingerprint density at radius 2 is 2.22 bits per heavy atom. The van der Waals surface area contributed by atoms with Gasteiger partial charge in [-0.05, 0) is 37.8 Å². The van der Waals surface area contributed by atoms with E-state index >= 15 is 0 Å². The average molecular weight is 248 g/mol. The number of hydrogen-bond donors (Lipinski definition) is 0. The number of benzene rings is 1. The van der Waals surface area contributed by atoms with Gasteiger partial charge in [0.05, 0.1) is 12.7 Å². The molecular formula is C15H17FO2. The first-order valence-corrected chi connectivity index (χ1v) is 6.25. The van der Waals surface area contributed by atoms with Gasteiger partial charge in [0.1, 0.15) is 11.6 Å². The van der Waals surface area contributed by atoms with Gasteiger partial charge < -0.3 is 4.74 Å². The lowest BCUT2D eigenvalue weighted by molar-refractivity contribution is 0.0987. The van der Waals surface area contributed by atoms with E-state index in [4.69, 9.17) is 4.74 Å². The summed E-state index contributed by atoms with van der Waals surface area (Å²) in [6.45, 7) is 0. The van der Waals surface area contributed by atoms with Crippen LogP contribution in [-0.2, 0) is 0 Å². The minimum absolute atomic E-state index is 0.150. The normalized spacial score (nSPS) is 15.1. The lowest BCUT2D eigenvalue weighted by atomic mass is 9.93. The van der Waals surface area contributed by atoms with Crippen molar-refractivity contribution in [3.05, 3.63) is 41.2 Å². The highest BCUT2D eigenvalue weighted by Gasteiger charge is 2.15. The minimum atomic E-state index is -0.504. The first kappa shape index (κ1) is 12.8. The summed E-state index contributed by atoms with van der Waals surface area (Å²) in [6, 6.07) is 4.37. The van der Waals surface area contributed by atoms with Crippen molar-refractivity contribution in [3.63, 3.8) is 0 Å². The van der Waals surface area contributed by atoms with Crippen molar-refractivity contribution in [2.24, 2.45) is 0 Å². The van der Waals surface area contributed by atoms with Gasteiger partial charge in [0, 0.05) is 12.5 Å². The second kappa shape index (κ2) is 5.80. The van der Waals surface area contributed by atoms with E-state index in [-0.39, 0.29) is 11.3 Å². The number of methoxy groups -OCH3 is 1. The highest BCUT2D eigenvalue weighted by molar-refractivity contribution is 5.97. The molecule has 0 fully saturated rings. The van der Waals surface area contributed by atoms with E-state index in [0.717, 1.165) is 24.8 Å². The van der Waals surface area contributed by atoms with Gasteiger partial charge in [0.25, 0.3) is 0 Å².